The Morgan fingerprint density at radius 2 is 1.63 bits per heavy atom. The molecule has 2 rings (SSSR count). The summed E-state index contributed by atoms with van der Waals surface area (Å²) in [5, 5.41) is 0. The topological polar surface area (TPSA) is 44.9 Å². The largest absolute Gasteiger partial charge is 0.370 e. The number of nitrogens with zero attached hydrogens (tertiary/aromatic N) is 3. The van der Waals surface area contributed by atoms with Crippen LogP contribution in [-0.4, -0.2) is 55.0 Å². The number of nitrogens with two attached hydrogens (primary N) is 1. The van der Waals surface area contributed by atoms with Gasteiger partial charge in [0.2, 0.25) is 0 Å². The Kier molecular flexibility index (Phi) is 5.08. The summed E-state index contributed by atoms with van der Waals surface area (Å²) in [6.07, 6.45) is 5.61. The van der Waals surface area contributed by atoms with E-state index in [1.807, 2.05) is 0 Å². The average molecular weight is 266 g/mol. The van der Waals surface area contributed by atoms with Crippen molar-refractivity contribution in [3.63, 3.8) is 0 Å². The first-order valence-corrected chi connectivity index (χ1v) is 7.83. The molecule has 19 heavy (non-hydrogen) atoms. The zero-order valence-corrected chi connectivity index (χ0v) is 12.8. The Morgan fingerprint density at radius 3 is 2.11 bits per heavy atom. The van der Waals surface area contributed by atoms with Crippen LogP contribution in [0.15, 0.2) is 4.99 Å². The summed E-state index contributed by atoms with van der Waals surface area (Å²) in [5.41, 5.74) is 5.88. The molecular weight excluding hydrogens is 236 g/mol. The minimum Gasteiger partial charge on any atom is -0.370 e. The van der Waals surface area contributed by atoms with E-state index in [0.29, 0.717) is 5.96 Å². The molecular formula is C15H30N4. The minimum absolute atomic E-state index is 0.697. The summed E-state index contributed by atoms with van der Waals surface area (Å²) >= 11 is 0. The summed E-state index contributed by atoms with van der Waals surface area (Å²) in [4.78, 5) is 8.96. The van der Waals surface area contributed by atoms with Crippen molar-refractivity contribution in [2.75, 3.05) is 33.2 Å². The highest BCUT2D eigenvalue weighted by Crippen LogP contribution is 2.32. The van der Waals surface area contributed by atoms with E-state index in [1.165, 1.54) is 25.7 Å². The highest BCUT2D eigenvalue weighted by molar-refractivity contribution is 5.78. The molecule has 0 spiro atoms. The second-order valence-electron chi connectivity index (χ2n) is 6.42. The van der Waals surface area contributed by atoms with Crippen molar-refractivity contribution in [3.05, 3.63) is 0 Å². The summed E-state index contributed by atoms with van der Waals surface area (Å²) in [5.74, 6) is 2.52. The predicted molar refractivity (Wildman–Crippen MR) is 81.3 cm³/mol. The van der Waals surface area contributed by atoms with Crippen LogP contribution in [0.2, 0.25) is 0 Å². The summed E-state index contributed by atoms with van der Waals surface area (Å²) in [6.45, 7) is 9.11. The molecule has 2 fully saturated rings. The van der Waals surface area contributed by atoms with Crippen molar-refractivity contribution in [2.45, 2.75) is 45.6 Å². The summed E-state index contributed by atoms with van der Waals surface area (Å²) in [7, 11) is 1.77. The van der Waals surface area contributed by atoms with Crippen molar-refractivity contribution in [3.8, 4) is 0 Å². The van der Waals surface area contributed by atoms with Gasteiger partial charge in [-0.1, -0.05) is 13.8 Å². The number of hydrogen-bond donors (Lipinski definition) is 1. The molecule has 4 heteroatoms. The van der Waals surface area contributed by atoms with Gasteiger partial charge in [0.1, 0.15) is 0 Å². The Hall–Kier alpha value is -0.770. The molecule has 4 nitrogen and oxygen atoms in total. The predicted octanol–water partition coefficient (Wildman–Crippen LogP) is 1.76. The van der Waals surface area contributed by atoms with Crippen LogP contribution in [0, 0.1) is 11.8 Å². The normalized spacial score (nSPS) is 30.9. The van der Waals surface area contributed by atoms with E-state index < -0.39 is 0 Å². The quantitative estimate of drug-likeness (QED) is 0.612. The van der Waals surface area contributed by atoms with Gasteiger partial charge in [0.05, 0.1) is 0 Å². The van der Waals surface area contributed by atoms with Crippen molar-refractivity contribution in [1.29, 1.82) is 0 Å². The maximum atomic E-state index is 5.88. The fourth-order valence-corrected chi connectivity index (χ4v) is 3.59. The van der Waals surface area contributed by atoms with Gasteiger partial charge in [0.25, 0.3) is 0 Å². The van der Waals surface area contributed by atoms with Gasteiger partial charge in [0, 0.05) is 39.3 Å². The van der Waals surface area contributed by atoms with E-state index in [2.05, 4.69) is 28.6 Å². The first-order chi connectivity index (χ1) is 9.11. The van der Waals surface area contributed by atoms with Crippen molar-refractivity contribution >= 4 is 5.96 Å². The Bertz CT molecular complexity index is 297. The molecule has 0 aromatic rings. The molecule has 1 saturated carbocycles. The van der Waals surface area contributed by atoms with E-state index in [0.717, 1.165) is 44.1 Å². The van der Waals surface area contributed by atoms with Gasteiger partial charge >= 0.3 is 0 Å². The first-order valence-electron chi connectivity index (χ1n) is 7.83. The number of guanidine groups is 1. The van der Waals surface area contributed by atoms with Gasteiger partial charge in [-0.15, -0.1) is 0 Å². The number of hydrogen-bond acceptors (Lipinski definition) is 2. The van der Waals surface area contributed by atoms with Crippen LogP contribution >= 0.6 is 0 Å². The van der Waals surface area contributed by atoms with Crippen LogP contribution in [0.4, 0.5) is 0 Å². The lowest BCUT2D eigenvalue weighted by atomic mass is 9.79. The second-order valence-corrected chi connectivity index (χ2v) is 6.42. The Morgan fingerprint density at radius 1 is 1.05 bits per heavy atom. The maximum absolute atomic E-state index is 5.88. The molecule has 0 unspecified atom stereocenters. The molecule has 110 valence electrons. The highest BCUT2D eigenvalue weighted by atomic mass is 15.3. The standard InChI is InChI=1S/C15H30N4/c1-12(2)13-4-6-14(7-5-13)18-8-10-19(11-9-18)15(16)17-3/h12-14H,4-11H2,1-3H3,(H2,16,17). The average Bonchev–Trinajstić information content (AvgIpc) is 2.46. The zero-order valence-electron chi connectivity index (χ0n) is 12.8. The number of rotatable bonds is 2. The van der Waals surface area contributed by atoms with Gasteiger partial charge in [-0.25, -0.2) is 0 Å². The van der Waals surface area contributed by atoms with E-state index in [1.54, 1.807) is 7.05 Å². The third-order valence-corrected chi connectivity index (χ3v) is 5.07. The van der Waals surface area contributed by atoms with Gasteiger partial charge < -0.3 is 10.6 Å². The van der Waals surface area contributed by atoms with E-state index in [9.17, 15) is 0 Å². The van der Waals surface area contributed by atoms with Gasteiger partial charge in [-0.2, -0.15) is 0 Å². The van der Waals surface area contributed by atoms with E-state index in [-0.39, 0.29) is 0 Å². The smallest absolute Gasteiger partial charge is 0.191 e. The van der Waals surface area contributed by atoms with Crippen molar-refractivity contribution < 1.29 is 0 Å². The molecule has 1 aliphatic carbocycles. The van der Waals surface area contributed by atoms with Crippen LogP contribution in [0.3, 0.4) is 0 Å². The summed E-state index contributed by atoms with van der Waals surface area (Å²) < 4.78 is 0. The van der Waals surface area contributed by atoms with Gasteiger partial charge in [0.15, 0.2) is 5.96 Å². The van der Waals surface area contributed by atoms with Crippen LogP contribution in [0.25, 0.3) is 0 Å². The van der Waals surface area contributed by atoms with Gasteiger partial charge in [-0.05, 0) is 37.5 Å². The molecule has 2 aliphatic rings. The molecule has 1 saturated heterocycles. The maximum Gasteiger partial charge on any atom is 0.191 e. The monoisotopic (exact) mass is 266 g/mol. The molecule has 0 aromatic heterocycles. The van der Waals surface area contributed by atoms with Crippen molar-refractivity contribution in [1.82, 2.24) is 9.80 Å². The first kappa shape index (κ1) is 14.6. The Labute approximate surface area is 118 Å². The van der Waals surface area contributed by atoms with Crippen LogP contribution in [-0.2, 0) is 0 Å². The zero-order chi connectivity index (χ0) is 13.8. The SMILES string of the molecule is CN=C(N)N1CCN(C2CCC(C(C)C)CC2)CC1. The highest BCUT2D eigenvalue weighted by Gasteiger charge is 2.29. The van der Waals surface area contributed by atoms with Crippen LogP contribution in [0.1, 0.15) is 39.5 Å². The molecule has 0 atom stereocenters. The lowest BCUT2D eigenvalue weighted by molar-refractivity contribution is 0.0871. The molecule has 1 aliphatic heterocycles. The molecule has 0 amide bonds. The molecule has 1 heterocycles. The minimum atomic E-state index is 0.697. The summed E-state index contributed by atoms with van der Waals surface area (Å²) in [6, 6.07) is 0.817. The number of aliphatic imine (C=N–C) groups is 1. The Balaban J connectivity index is 1.77. The second kappa shape index (κ2) is 6.60. The number of piperazine rings is 1. The van der Waals surface area contributed by atoms with E-state index >= 15 is 0 Å². The van der Waals surface area contributed by atoms with Gasteiger partial charge in [-0.3, -0.25) is 9.89 Å². The molecule has 2 N–H and O–H groups in total. The fourth-order valence-electron chi connectivity index (χ4n) is 3.59. The third-order valence-electron chi connectivity index (χ3n) is 5.07. The third kappa shape index (κ3) is 3.62. The van der Waals surface area contributed by atoms with Crippen LogP contribution in [0.5, 0.6) is 0 Å². The lowest BCUT2D eigenvalue weighted by Crippen LogP contribution is -2.54. The van der Waals surface area contributed by atoms with E-state index in [4.69, 9.17) is 5.73 Å². The molecule has 0 bridgehead atoms. The van der Waals surface area contributed by atoms with Crippen molar-refractivity contribution in [2.24, 2.45) is 22.6 Å². The molecule has 0 radical (unpaired) electrons. The fraction of sp³-hybridized carbons (Fsp3) is 0.933. The van der Waals surface area contributed by atoms with Crippen LogP contribution < -0.4 is 5.73 Å². The lowest BCUT2D eigenvalue weighted by Gasteiger charge is -2.42. The molecule has 0 aromatic carbocycles.